The first-order chi connectivity index (χ1) is 8.06. The largest absolute Gasteiger partial charge is 0.494 e. The van der Waals surface area contributed by atoms with E-state index in [1.807, 2.05) is 18.2 Å². The maximum absolute atomic E-state index is 11.9. The van der Waals surface area contributed by atoms with Gasteiger partial charge < -0.3 is 15.0 Å². The molecule has 0 aliphatic heterocycles. The minimum Gasteiger partial charge on any atom is -0.494 e. The average molecular weight is 233 g/mol. The number of hydrogen-bond donors (Lipinski definition) is 1. The number of benzene rings is 1. The first kappa shape index (κ1) is 11.6. The number of ketones is 1. The van der Waals surface area contributed by atoms with Crippen molar-refractivity contribution in [3.05, 3.63) is 24.0 Å². The van der Waals surface area contributed by atoms with Crippen LogP contribution in [0.3, 0.4) is 0 Å². The minimum atomic E-state index is -0.559. The molecule has 2 N–H and O–H groups in total. The molecule has 90 valence electrons. The number of nitrogens with zero attached hydrogens (tertiary/aromatic N) is 2. The Kier molecular flexibility index (Phi) is 2.85. The number of aryl methyl sites for hydroxylation is 1. The van der Waals surface area contributed by atoms with Crippen LogP contribution in [-0.2, 0) is 7.05 Å². The Bertz CT molecular complexity index is 572. The molecule has 0 saturated heterocycles. The zero-order valence-corrected chi connectivity index (χ0v) is 10.1. The van der Waals surface area contributed by atoms with Crippen LogP contribution in [0, 0.1) is 0 Å². The average Bonchev–Trinajstić information content (AvgIpc) is 2.66. The number of methoxy groups -OCH3 is 1. The summed E-state index contributed by atoms with van der Waals surface area (Å²) in [4.78, 5) is 16.2. The zero-order valence-electron chi connectivity index (χ0n) is 10.1. The molecule has 2 rings (SSSR count). The van der Waals surface area contributed by atoms with Crippen LogP contribution >= 0.6 is 0 Å². The Hall–Kier alpha value is -1.88. The summed E-state index contributed by atoms with van der Waals surface area (Å²) >= 11 is 0. The number of Topliss-reactive ketones (excluding diaryl/α,β-unsaturated/α-hetero) is 1. The van der Waals surface area contributed by atoms with Gasteiger partial charge in [-0.05, 0) is 19.1 Å². The fourth-order valence-corrected chi connectivity index (χ4v) is 1.78. The number of rotatable bonds is 3. The molecule has 2 aromatic rings. The Labute approximate surface area is 99.2 Å². The number of para-hydroxylation sites is 1. The maximum atomic E-state index is 11.9. The van der Waals surface area contributed by atoms with Gasteiger partial charge in [-0.2, -0.15) is 0 Å². The van der Waals surface area contributed by atoms with Crippen molar-refractivity contribution in [2.75, 3.05) is 7.11 Å². The molecule has 0 amide bonds. The first-order valence-corrected chi connectivity index (χ1v) is 5.35. The van der Waals surface area contributed by atoms with Gasteiger partial charge in [0.1, 0.15) is 11.3 Å². The van der Waals surface area contributed by atoms with Gasteiger partial charge in [0.25, 0.3) is 0 Å². The molecule has 1 heterocycles. The van der Waals surface area contributed by atoms with Crippen molar-refractivity contribution >= 4 is 16.8 Å². The van der Waals surface area contributed by atoms with E-state index in [0.29, 0.717) is 17.1 Å². The predicted molar refractivity (Wildman–Crippen MR) is 65.2 cm³/mol. The van der Waals surface area contributed by atoms with Crippen LogP contribution in [-0.4, -0.2) is 28.5 Å². The van der Waals surface area contributed by atoms with E-state index in [9.17, 15) is 4.79 Å². The van der Waals surface area contributed by atoms with Gasteiger partial charge in [-0.25, -0.2) is 4.98 Å². The van der Waals surface area contributed by atoms with Crippen LogP contribution in [0.25, 0.3) is 11.0 Å². The normalized spacial score (nSPS) is 12.7. The van der Waals surface area contributed by atoms with Crippen LogP contribution in [0.2, 0.25) is 0 Å². The Morgan fingerprint density at radius 1 is 1.53 bits per heavy atom. The summed E-state index contributed by atoms with van der Waals surface area (Å²) in [7, 11) is 3.38. The van der Waals surface area contributed by atoms with Gasteiger partial charge >= 0.3 is 0 Å². The van der Waals surface area contributed by atoms with Gasteiger partial charge in [0.2, 0.25) is 5.78 Å². The third-order valence-electron chi connectivity index (χ3n) is 2.73. The van der Waals surface area contributed by atoms with Crippen molar-refractivity contribution in [3.8, 4) is 5.75 Å². The summed E-state index contributed by atoms with van der Waals surface area (Å²) < 4.78 is 6.96. The second-order valence-corrected chi connectivity index (χ2v) is 3.98. The molecule has 1 aromatic heterocycles. The molecule has 1 unspecified atom stereocenters. The monoisotopic (exact) mass is 233 g/mol. The van der Waals surface area contributed by atoms with Crippen molar-refractivity contribution in [2.45, 2.75) is 13.0 Å². The van der Waals surface area contributed by atoms with E-state index in [2.05, 4.69) is 4.98 Å². The van der Waals surface area contributed by atoms with Crippen molar-refractivity contribution < 1.29 is 9.53 Å². The molecule has 0 bridgehead atoms. The highest BCUT2D eigenvalue weighted by atomic mass is 16.5. The lowest BCUT2D eigenvalue weighted by molar-refractivity contribution is 0.0955. The number of carbonyl (C=O) groups excluding carboxylic acids is 1. The Balaban J connectivity index is 2.68. The summed E-state index contributed by atoms with van der Waals surface area (Å²) in [5, 5.41) is 0. The minimum absolute atomic E-state index is 0.175. The molecule has 1 atom stereocenters. The van der Waals surface area contributed by atoms with Gasteiger partial charge in [-0.3, -0.25) is 4.79 Å². The van der Waals surface area contributed by atoms with E-state index in [1.165, 1.54) is 0 Å². The zero-order chi connectivity index (χ0) is 12.6. The van der Waals surface area contributed by atoms with Gasteiger partial charge in [0.05, 0.1) is 18.7 Å². The molecule has 5 heteroatoms. The van der Waals surface area contributed by atoms with Gasteiger partial charge in [0.15, 0.2) is 5.82 Å². The lowest BCUT2D eigenvalue weighted by atomic mass is 10.2. The molecule has 1 aromatic carbocycles. The number of carbonyl (C=O) groups is 1. The molecule has 0 fully saturated rings. The number of hydrogen-bond acceptors (Lipinski definition) is 4. The second-order valence-electron chi connectivity index (χ2n) is 3.98. The number of ether oxygens (including phenoxy) is 1. The number of aromatic nitrogens is 2. The van der Waals surface area contributed by atoms with Crippen LogP contribution in [0.1, 0.15) is 17.5 Å². The summed E-state index contributed by atoms with van der Waals surface area (Å²) in [6.07, 6.45) is 0. The second kappa shape index (κ2) is 4.18. The fraction of sp³-hybridized carbons (Fsp3) is 0.333. The predicted octanol–water partition coefficient (Wildman–Crippen LogP) is 1.11. The molecular formula is C12H15N3O2. The highest BCUT2D eigenvalue weighted by Crippen LogP contribution is 2.25. The summed E-state index contributed by atoms with van der Waals surface area (Å²) in [6.45, 7) is 1.65. The summed E-state index contributed by atoms with van der Waals surface area (Å²) in [5.74, 6) is 0.840. The van der Waals surface area contributed by atoms with Gasteiger partial charge in [-0.1, -0.05) is 6.07 Å². The van der Waals surface area contributed by atoms with E-state index in [4.69, 9.17) is 10.5 Å². The molecular weight excluding hydrogens is 218 g/mol. The standard InChI is InChI=1S/C12H15N3O2/c1-7(13)11(16)12-14-10-8(15(12)2)5-4-6-9(10)17-3/h4-7H,13H2,1-3H3. The Morgan fingerprint density at radius 2 is 2.24 bits per heavy atom. The number of nitrogens with two attached hydrogens (primary N) is 1. The summed E-state index contributed by atoms with van der Waals surface area (Å²) in [5.41, 5.74) is 7.13. The highest BCUT2D eigenvalue weighted by molar-refractivity contribution is 6.00. The van der Waals surface area contributed by atoms with Crippen molar-refractivity contribution in [1.29, 1.82) is 0 Å². The highest BCUT2D eigenvalue weighted by Gasteiger charge is 2.19. The smallest absolute Gasteiger partial charge is 0.214 e. The van der Waals surface area contributed by atoms with E-state index in [0.717, 1.165) is 5.52 Å². The van der Waals surface area contributed by atoms with Crippen molar-refractivity contribution in [3.63, 3.8) is 0 Å². The Morgan fingerprint density at radius 3 is 2.82 bits per heavy atom. The van der Waals surface area contributed by atoms with Gasteiger partial charge in [-0.15, -0.1) is 0 Å². The molecule has 17 heavy (non-hydrogen) atoms. The van der Waals surface area contributed by atoms with Crippen molar-refractivity contribution in [1.82, 2.24) is 9.55 Å². The molecule has 0 spiro atoms. The van der Waals surface area contributed by atoms with E-state index in [1.54, 1.807) is 25.6 Å². The number of fused-ring (bicyclic) bond motifs is 1. The van der Waals surface area contributed by atoms with Crippen molar-refractivity contribution in [2.24, 2.45) is 12.8 Å². The number of imidazole rings is 1. The fourth-order valence-electron chi connectivity index (χ4n) is 1.78. The quantitative estimate of drug-likeness (QED) is 0.806. The third kappa shape index (κ3) is 1.78. The first-order valence-electron chi connectivity index (χ1n) is 5.35. The van der Waals surface area contributed by atoms with E-state index < -0.39 is 6.04 Å². The molecule has 0 radical (unpaired) electrons. The lowest BCUT2D eigenvalue weighted by Gasteiger charge is -2.03. The third-order valence-corrected chi connectivity index (χ3v) is 2.73. The molecule has 0 saturated carbocycles. The maximum Gasteiger partial charge on any atom is 0.214 e. The van der Waals surface area contributed by atoms with Crippen LogP contribution in [0.5, 0.6) is 5.75 Å². The molecule has 0 aliphatic rings. The SMILES string of the molecule is COc1cccc2c1nc(C(=O)C(C)N)n2C. The topological polar surface area (TPSA) is 70.1 Å². The van der Waals surface area contributed by atoms with Crippen LogP contribution in [0.4, 0.5) is 0 Å². The van der Waals surface area contributed by atoms with E-state index in [-0.39, 0.29) is 5.78 Å². The van der Waals surface area contributed by atoms with Crippen LogP contribution < -0.4 is 10.5 Å². The summed E-state index contributed by atoms with van der Waals surface area (Å²) in [6, 6.07) is 5.01. The lowest BCUT2D eigenvalue weighted by Crippen LogP contribution is -2.28. The van der Waals surface area contributed by atoms with Crippen LogP contribution in [0.15, 0.2) is 18.2 Å². The van der Waals surface area contributed by atoms with E-state index >= 15 is 0 Å². The molecule has 5 nitrogen and oxygen atoms in total. The molecule has 0 aliphatic carbocycles. The van der Waals surface area contributed by atoms with Gasteiger partial charge in [0, 0.05) is 7.05 Å².